The summed E-state index contributed by atoms with van der Waals surface area (Å²) >= 11 is 0. The van der Waals surface area contributed by atoms with Gasteiger partial charge in [-0.1, -0.05) is 60.7 Å². The number of carbonyl (C=O) groups excluding carboxylic acids is 2. The van der Waals surface area contributed by atoms with Gasteiger partial charge in [0, 0.05) is 34.1 Å². The van der Waals surface area contributed by atoms with E-state index in [-0.39, 0.29) is 13.0 Å². The smallest absolute Gasteiger partial charge is 0.304 e. The van der Waals surface area contributed by atoms with E-state index in [1.165, 1.54) is 50.3 Å². The van der Waals surface area contributed by atoms with Crippen molar-refractivity contribution in [2.75, 3.05) is 32.0 Å². The molecule has 0 unspecified atom stereocenters. The molecule has 0 aliphatic carbocycles. The molecule has 0 bridgehead atoms. The molecule has 0 fully saturated rings. The Labute approximate surface area is 217 Å². The molecule has 0 heterocycles. The highest BCUT2D eigenvalue weighted by Crippen LogP contribution is 2.21. The number of nitrogens with zero attached hydrogens (tertiary/aromatic N) is 3. The Morgan fingerprint density at radius 2 is 1.43 bits per heavy atom. The predicted octanol–water partition coefficient (Wildman–Crippen LogP) is 2.82. The lowest BCUT2D eigenvalue weighted by Gasteiger charge is -2.34. The lowest BCUT2D eigenvalue weighted by atomic mass is 10.0. The van der Waals surface area contributed by atoms with E-state index in [0.29, 0.717) is 11.3 Å². The van der Waals surface area contributed by atoms with Crippen LogP contribution < -0.4 is 9.62 Å². The highest BCUT2D eigenvalue weighted by Gasteiger charge is 2.34. The maximum absolute atomic E-state index is 13.9. The molecule has 0 radical (unpaired) electrons. The number of amides is 2. The summed E-state index contributed by atoms with van der Waals surface area (Å²) in [6.07, 6.45) is 0.208. The van der Waals surface area contributed by atoms with Crippen molar-refractivity contribution in [3.05, 3.63) is 102 Å². The normalized spacial score (nSPS) is 12.1. The fraction of sp³-hybridized carbons (Fsp3) is 0.259. The molecular formula is C27H31FN4O4S. The second kappa shape index (κ2) is 12.5. The maximum Gasteiger partial charge on any atom is 0.304 e. The minimum absolute atomic E-state index is 0.0192. The number of hydrogen-bond donors (Lipinski definition) is 1. The average Bonchev–Trinajstić information content (AvgIpc) is 2.90. The fourth-order valence-electron chi connectivity index (χ4n) is 3.82. The van der Waals surface area contributed by atoms with Crippen molar-refractivity contribution in [1.82, 2.24) is 14.5 Å². The summed E-state index contributed by atoms with van der Waals surface area (Å²) in [6, 6.07) is 22.2. The van der Waals surface area contributed by atoms with Crippen LogP contribution in [-0.2, 0) is 32.8 Å². The van der Waals surface area contributed by atoms with Gasteiger partial charge in [-0.3, -0.25) is 9.59 Å². The van der Waals surface area contributed by atoms with Gasteiger partial charge in [0.25, 0.3) is 0 Å². The quantitative estimate of drug-likeness (QED) is 0.416. The van der Waals surface area contributed by atoms with Crippen LogP contribution >= 0.6 is 0 Å². The standard InChI is InChI=1S/C27H31FN4O4S/c1-29-27(34)25(18-21-10-6-4-7-11-21)31(19-22-14-16-23(28)17-15-22)26(33)20-32(37(35,36)30(2)3)24-12-8-5-9-13-24/h4-17,25H,18-20H2,1-3H3,(H,29,34)/t25-/m0/s1. The van der Waals surface area contributed by atoms with Crippen molar-refractivity contribution in [2.24, 2.45) is 0 Å². The molecule has 1 N–H and O–H groups in total. The highest BCUT2D eigenvalue weighted by atomic mass is 32.2. The number of anilines is 1. The summed E-state index contributed by atoms with van der Waals surface area (Å²) in [5.41, 5.74) is 1.73. The zero-order chi connectivity index (χ0) is 27.0. The van der Waals surface area contributed by atoms with Gasteiger partial charge in [0.2, 0.25) is 11.8 Å². The third-order valence-electron chi connectivity index (χ3n) is 5.85. The van der Waals surface area contributed by atoms with Gasteiger partial charge in [0.1, 0.15) is 18.4 Å². The van der Waals surface area contributed by atoms with Crippen LogP contribution in [0.25, 0.3) is 0 Å². The van der Waals surface area contributed by atoms with Crippen molar-refractivity contribution in [3.63, 3.8) is 0 Å². The predicted molar refractivity (Wildman–Crippen MR) is 141 cm³/mol. The van der Waals surface area contributed by atoms with Crippen LogP contribution in [0.1, 0.15) is 11.1 Å². The van der Waals surface area contributed by atoms with Gasteiger partial charge in [0.15, 0.2) is 0 Å². The van der Waals surface area contributed by atoms with Gasteiger partial charge in [-0.2, -0.15) is 12.7 Å². The minimum atomic E-state index is -4.04. The second-order valence-corrected chi connectivity index (χ2v) is 10.7. The largest absolute Gasteiger partial charge is 0.357 e. The Morgan fingerprint density at radius 1 is 0.865 bits per heavy atom. The summed E-state index contributed by atoms with van der Waals surface area (Å²) in [6.45, 7) is -0.553. The Morgan fingerprint density at radius 3 is 1.97 bits per heavy atom. The first kappa shape index (κ1) is 27.8. The third-order valence-corrected chi connectivity index (χ3v) is 7.67. The maximum atomic E-state index is 13.9. The highest BCUT2D eigenvalue weighted by molar-refractivity contribution is 7.90. The number of carbonyl (C=O) groups is 2. The molecule has 37 heavy (non-hydrogen) atoms. The average molecular weight is 527 g/mol. The molecule has 3 rings (SSSR count). The molecule has 0 aromatic heterocycles. The van der Waals surface area contributed by atoms with E-state index in [4.69, 9.17) is 0 Å². The summed E-state index contributed by atoms with van der Waals surface area (Å²) < 4.78 is 42.0. The molecule has 0 aliphatic heterocycles. The summed E-state index contributed by atoms with van der Waals surface area (Å²) in [4.78, 5) is 28.3. The summed E-state index contributed by atoms with van der Waals surface area (Å²) in [5, 5.41) is 2.62. The van der Waals surface area contributed by atoms with Gasteiger partial charge in [0.05, 0.1) is 5.69 Å². The fourth-order valence-corrected chi connectivity index (χ4v) is 4.87. The topological polar surface area (TPSA) is 90.0 Å². The molecule has 0 aliphatic rings. The van der Waals surface area contributed by atoms with Crippen LogP contribution in [0, 0.1) is 5.82 Å². The Hall–Kier alpha value is -3.76. The minimum Gasteiger partial charge on any atom is -0.357 e. The molecular weight excluding hydrogens is 495 g/mol. The Kier molecular flexibility index (Phi) is 9.37. The van der Waals surface area contributed by atoms with Crippen LogP contribution in [0.5, 0.6) is 0 Å². The van der Waals surface area contributed by atoms with E-state index in [1.807, 2.05) is 30.3 Å². The monoisotopic (exact) mass is 526 g/mol. The van der Waals surface area contributed by atoms with Crippen molar-refractivity contribution in [2.45, 2.75) is 19.0 Å². The van der Waals surface area contributed by atoms with Gasteiger partial charge in [-0.25, -0.2) is 8.70 Å². The number of halogens is 1. The summed E-state index contributed by atoms with van der Waals surface area (Å²) in [7, 11) is 0.207. The number of para-hydroxylation sites is 1. The van der Waals surface area contributed by atoms with Crippen molar-refractivity contribution in [1.29, 1.82) is 0 Å². The Balaban J connectivity index is 2.04. The van der Waals surface area contributed by atoms with Crippen LogP contribution in [0.15, 0.2) is 84.9 Å². The van der Waals surface area contributed by atoms with E-state index in [1.54, 1.807) is 30.3 Å². The van der Waals surface area contributed by atoms with E-state index < -0.39 is 40.4 Å². The molecule has 3 aromatic rings. The van der Waals surface area contributed by atoms with Gasteiger partial charge in [-0.05, 0) is 35.4 Å². The van der Waals surface area contributed by atoms with Crippen LogP contribution in [-0.4, -0.2) is 63.2 Å². The molecule has 3 aromatic carbocycles. The molecule has 1 atom stereocenters. The van der Waals surface area contributed by atoms with E-state index in [0.717, 1.165) is 14.2 Å². The van der Waals surface area contributed by atoms with E-state index in [2.05, 4.69) is 5.32 Å². The first-order chi connectivity index (χ1) is 17.6. The molecule has 2 amide bonds. The van der Waals surface area contributed by atoms with Crippen LogP contribution in [0.2, 0.25) is 0 Å². The number of rotatable bonds is 11. The zero-order valence-electron chi connectivity index (χ0n) is 21.0. The molecule has 0 saturated heterocycles. The lowest BCUT2D eigenvalue weighted by Crippen LogP contribution is -2.53. The molecule has 0 spiro atoms. The Bertz CT molecular complexity index is 1290. The molecule has 0 saturated carbocycles. The third kappa shape index (κ3) is 7.14. The SMILES string of the molecule is CNC(=O)[C@H](Cc1ccccc1)N(Cc1ccc(F)cc1)C(=O)CN(c1ccccc1)S(=O)(=O)N(C)C. The van der Waals surface area contributed by atoms with Gasteiger partial charge in [-0.15, -0.1) is 0 Å². The number of likely N-dealkylation sites (N-methyl/N-ethyl adjacent to an activating group) is 1. The van der Waals surface area contributed by atoms with E-state index >= 15 is 0 Å². The lowest BCUT2D eigenvalue weighted by molar-refractivity contribution is -0.139. The second-order valence-electron chi connectivity index (χ2n) is 8.60. The van der Waals surface area contributed by atoms with Crippen LogP contribution in [0.3, 0.4) is 0 Å². The number of nitrogens with one attached hydrogen (secondary N) is 1. The van der Waals surface area contributed by atoms with Crippen LogP contribution in [0.4, 0.5) is 10.1 Å². The molecule has 10 heteroatoms. The van der Waals surface area contributed by atoms with Crippen molar-refractivity contribution >= 4 is 27.7 Å². The zero-order valence-corrected chi connectivity index (χ0v) is 21.9. The number of benzene rings is 3. The van der Waals surface area contributed by atoms with E-state index in [9.17, 15) is 22.4 Å². The van der Waals surface area contributed by atoms with Crippen molar-refractivity contribution in [3.8, 4) is 0 Å². The first-order valence-electron chi connectivity index (χ1n) is 11.7. The molecule has 196 valence electrons. The first-order valence-corrected chi connectivity index (χ1v) is 13.1. The number of hydrogen-bond acceptors (Lipinski definition) is 4. The molecule has 8 nitrogen and oxygen atoms in total. The van der Waals surface area contributed by atoms with Crippen molar-refractivity contribution < 1.29 is 22.4 Å². The summed E-state index contributed by atoms with van der Waals surface area (Å²) in [5.74, 6) is -1.41. The van der Waals surface area contributed by atoms with Gasteiger partial charge < -0.3 is 10.2 Å². The van der Waals surface area contributed by atoms with Gasteiger partial charge >= 0.3 is 10.2 Å².